The van der Waals surface area contributed by atoms with E-state index >= 15 is 0 Å². The lowest BCUT2D eigenvalue weighted by Crippen LogP contribution is -2.10. The number of ether oxygens (including phenoxy) is 2. The second-order valence-electron chi connectivity index (χ2n) is 7.39. The lowest BCUT2D eigenvalue weighted by molar-refractivity contribution is 0.306. The fourth-order valence-corrected chi connectivity index (χ4v) is 3.15. The van der Waals surface area contributed by atoms with Crippen molar-refractivity contribution in [2.75, 3.05) is 12.5 Å². The van der Waals surface area contributed by atoms with Crippen LogP contribution in [0.3, 0.4) is 0 Å². The van der Waals surface area contributed by atoms with E-state index in [4.69, 9.17) is 9.47 Å². The zero-order valence-corrected chi connectivity index (χ0v) is 18.4. The molecule has 4 rings (SSSR count). The Morgan fingerprint density at radius 2 is 1.79 bits per heavy atom. The first-order valence-electron chi connectivity index (χ1n) is 10.4. The van der Waals surface area contributed by atoms with Crippen LogP contribution < -0.4 is 20.5 Å². The van der Waals surface area contributed by atoms with Crippen LogP contribution in [-0.2, 0) is 6.61 Å². The van der Waals surface area contributed by atoms with Crippen LogP contribution in [0.25, 0.3) is 11.3 Å². The molecule has 0 unspecified atom stereocenters. The molecule has 0 saturated carbocycles. The van der Waals surface area contributed by atoms with Gasteiger partial charge in [-0.15, -0.1) is 0 Å². The van der Waals surface area contributed by atoms with Crippen molar-refractivity contribution >= 4 is 12.2 Å². The summed E-state index contributed by atoms with van der Waals surface area (Å²) in [4.78, 5) is 19.2. The number of hydrazone groups is 1. The number of H-pyrrole nitrogens is 1. The molecule has 7 heteroatoms. The predicted octanol–water partition coefficient (Wildman–Crippen LogP) is 4.78. The molecule has 0 saturated heterocycles. The fraction of sp³-hybridized carbons (Fsp3) is 0.115. The second kappa shape index (κ2) is 10.3. The van der Waals surface area contributed by atoms with Gasteiger partial charge in [0.15, 0.2) is 0 Å². The van der Waals surface area contributed by atoms with Crippen LogP contribution in [0.5, 0.6) is 11.5 Å². The van der Waals surface area contributed by atoms with Gasteiger partial charge in [0, 0.05) is 17.2 Å². The highest BCUT2D eigenvalue weighted by atomic mass is 16.5. The Kier molecular flexibility index (Phi) is 6.80. The van der Waals surface area contributed by atoms with Gasteiger partial charge in [-0.2, -0.15) is 5.10 Å². The minimum absolute atomic E-state index is 0.239. The van der Waals surface area contributed by atoms with Crippen LogP contribution in [0, 0.1) is 6.92 Å². The van der Waals surface area contributed by atoms with Crippen LogP contribution in [0.2, 0.25) is 0 Å². The largest absolute Gasteiger partial charge is 0.497 e. The molecular weight excluding hydrogens is 416 g/mol. The molecule has 0 amide bonds. The third kappa shape index (κ3) is 5.86. The van der Waals surface area contributed by atoms with Crippen molar-refractivity contribution in [2.45, 2.75) is 13.5 Å². The molecule has 0 fully saturated rings. The van der Waals surface area contributed by atoms with Gasteiger partial charge in [0.1, 0.15) is 18.1 Å². The lowest BCUT2D eigenvalue weighted by atomic mass is 10.1. The molecule has 1 heterocycles. The van der Waals surface area contributed by atoms with Gasteiger partial charge in [-0.25, -0.2) is 10.4 Å². The maximum Gasteiger partial charge on any atom is 0.252 e. The number of nitrogens with zero attached hydrogens (tertiary/aromatic N) is 2. The number of methoxy groups -OCH3 is 1. The van der Waals surface area contributed by atoms with Crippen molar-refractivity contribution in [1.29, 1.82) is 0 Å². The van der Waals surface area contributed by atoms with Gasteiger partial charge in [0.2, 0.25) is 5.95 Å². The summed E-state index contributed by atoms with van der Waals surface area (Å²) < 4.78 is 11.2. The zero-order valence-electron chi connectivity index (χ0n) is 18.4. The Balaban J connectivity index is 1.46. The first kappa shape index (κ1) is 21.8. The first-order valence-corrected chi connectivity index (χ1v) is 10.4. The third-order valence-corrected chi connectivity index (χ3v) is 4.94. The fourth-order valence-electron chi connectivity index (χ4n) is 3.15. The van der Waals surface area contributed by atoms with Crippen LogP contribution in [0.1, 0.15) is 16.7 Å². The number of para-hydroxylation sites is 1. The van der Waals surface area contributed by atoms with Crippen molar-refractivity contribution in [2.24, 2.45) is 5.10 Å². The van der Waals surface area contributed by atoms with Gasteiger partial charge in [-0.3, -0.25) is 9.78 Å². The predicted molar refractivity (Wildman–Crippen MR) is 130 cm³/mol. The number of hydrogen-bond acceptors (Lipinski definition) is 6. The molecule has 0 aliphatic carbocycles. The molecule has 0 radical (unpaired) electrons. The number of hydrogen-bond donors (Lipinski definition) is 2. The quantitative estimate of drug-likeness (QED) is 0.304. The number of rotatable bonds is 8. The molecule has 33 heavy (non-hydrogen) atoms. The Hall–Kier alpha value is -4.39. The molecular formula is C26H24N4O3. The van der Waals surface area contributed by atoms with Crippen LogP contribution >= 0.6 is 0 Å². The second-order valence-corrected chi connectivity index (χ2v) is 7.39. The molecule has 0 bridgehead atoms. The molecule has 4 aromatic rings. The molecule has 2 N–H and O–H groups in total. The molecule has 1 aromatic heterocycles. The summed E-state index contributed by atoms with van der Waals surface area (Å²) in [5, 5.41) is 4.23. The van der Waals surface area contributed by atoms with Crippen molar-refractivity contribution < 1.29 is 9.47 Å². The highest BCUT2D eigenvalue weighted by molar-refractivity contribution is 5.83. The first-order chi connectivity index (χ1) is 16.1. The van der Waals surface area contributed by atoms with E-state index in [0.29, 0.717) is 18.1 Å². The Labute approximate surface area is 191 Å². The lowest BCUT2D eigenvalue weighted by Gasteiger charge is -2.09. The van der Waals surface area contributed by atoms with Gasteiger partial charge < -0.3 is 9.47 Å². The van der Waals surface area contributed by atoms with E-state index in [1.807, 2.05) is 60.7 Å². The van der Waals surface area contributed by atoms with Crippen molar-refractivity contribution in [1.82, 2.24) is 9.97 Å². The Morgan fingerprint density at radius 3 is 2.55 bits per heavy atom. The summed E-state index contributed by atoms with van der Waals surface area (Å²) in [7, 11) is 1.60. The maximum absolute atomic E-state index is 12.1. The van der Waals surface area contributed by atoms with E-state index in [2.05, 4.69) is 39.6 Å². The number of nitrogens with one attached hydrogen (secondary N) is 2. The van der Waals surface area contributed by atoms with Crippen molar-refractivity contribution in [3.05, 3.63) is 106 Å². The number of aromatic amines is 1. The van der Waals surface area contributed by atoms with E-state index in [1.54, 1.807) is 13.3 Å². The molecule has 0 atom stereocenters. The highest BCUT2D eigenvalue weighted by Gasteiger charge is 2.05. The van der Waals surface area contributed by atoms with E-state index in [-0.39, 0.29) is 11.5 Å². The average Bonchev–Trinajstić information content (AvgIpc) is 2.84. The normalized spacial score (nSPS) is 10.8. The SMILES string of the molecule is COc1ccc(-c2cc(=O)[nH]c(N/N=C\c3ccccc3OCc3ccc(C)cc3)n2)cc1. The van der Waals surface area contributed by atoms with Crippen LogP contribution in [0.4, 0.5) is 5.95 Å². The summed E-state index contributed by atoms with van der Waals surface area (Å²) in [6.45, 7) is 2.51. The van der Waals surface area contributed by atoms with Gasteiger partial charge in [0.25, 0.3) is 5.56 Å². The molecule has 0 aliphatic heterocycles. The zero-order chi connectivity index (χ0) is 23.0. The van der Waals surface area contributed by atoms with Gasteiger partial charge in [0.05, 0.1) is 19.0 Å². The number of aromatic nitrogens is 2. The minimum Gasteiger partial charge on any atom is -0.497 e. The minimum atomic E-state index is -0.282. The van der Waals surface area contributed by atoms with Crippen molar-refractivity contribution in [3.63, 3.8) is 0 Å². The Morgan fingerprint density at radius 1 is 1.03 bits per heavy atom. The average molecular weight is 441 g/mol. The van der Waals surface area contributed by atoms with E-state index in [0.717, 1.165) is 22.4 Å². The summed E-state index contributed by atoms with van der Waals surface area (Å²) >= 11 is 0. The van der Waals surface area contributed by atoms with Crippen molar-refractivity contribution in [3.8, 4) is 22.8 Å². The van der Waals surface area contributed by atoms with Crippen LogP contribution in [-0.4, -0.2) is 23.3 Å². The van der Waals surface area contributed by atoms with Gasteiger partial charge in [-0.1, -0.05) is 42.0 Å². The number of anilines is 1. The van der Waals surface area contributed by atoms with E-state index < -0.39 is 0 Å². The molecule has 7 nitrogen and oxygen atoms in total. The van der Waals surface area contributed by atoms with Gasteiger partial charge in [-0.05, 0) is 48.9 Å². The van der Waals surface area contributed by atoms with Crippen LogP contribution in [0.15, 0.2) is 88.8 Å². The summed E-state index contributed by atoms with van der Waals surface area (Å²) in [5.41, 5.74) is 6.93. The maximum atomic E-state index is 12.1. The molecule has 0 aliphatic rings. The molecule has 3 aromatic carbocycles. The summed E-state index contributed by atoms with van der Waals surface area (Å²) in [6.07, 6.45) is 1.63. The topological polar surface area (TPSA) is 88.6 Å². The Bertz CT molecular complexity index is 1300. The smallest absolute Gasteiger partial charge is 0.252 e. The molecule has 166 valence electrons. The molecule has 0 spiro atoms. The standard InChI is InChI=1S/C26H24N4O3/c1-18-7-9-19(10-8-18)17-33-24-6-4-3-5-21(24)16-27-30-26-28-23(15-25(31)29-26)20-11-13-22(32-2)14-12-20/h3-16H,17H2,1-2H3,(H2,28,29,30,31)/b27-16-. The summed E-state index contributed by atoms with van der Waals surface area (Å²) in [6, 6.07) is 24.6. The monoisotopic (exact) mass is 440 g/mol. The van der Waals surface area contributed by atoms with E-state index in [9.17, 15) is 4.79 Å². The highest BCUT2D eigenvalue weighted by Crippen LogP contribution is 2.21. The van der Waals surface area contributed by atoms with E-state index in [1.165, 1.54) is 11.6 Å². The number of aryl methyl sites for hydroxylation is 1. The van der Waals surface area contributed by atoms with Gasteiger partial charge >= 0.3 is 0 Å². The number of benzene rings is 3. The third-order valence-electron chi connectivity index (χ3n) is 4.94. The summed E-state index contributed by atoms with van der Waals surface area (Å²) in [5.74, 6) is 1.68.